The Morgan fingerprint density at radius 1 is 1.03 bits per heavy atom. The van der Waals surface area contributed by atoms with E-state index in [0.29, 0.717) is 6.54 Å². The molecule has 9 rings (SSSR count). The van der Waals surface area contributed by atoms with E-state index >= 15 is 0 Å². The average Bonchev–Trinajstić information content (AvgIpc) is 3.29. The van der Waals surface area contributed by atoms with Gasteiger partial charge in [0.25, 0.3) is 0 Å². The molecule has 0 radical (unpaired) electrons. The summed E-state index contributed by atoms with van der Waals surface area (Å²) in [5.74, 6) is -0.0209. The van der Waals surface area contributed by atoms with Crippen molar-refractivity contribution in [3.63, 3.8) is 0 Å². The molecule has 0 spiro atoms. The van der Waals surface area contributed by atoms with Gasteiger partial charge in [0.2, 0.25) is 10.0 Å². The Balaban J connectivity index is 1.26. The van der Waals surface area contributed by atoms with Gasteiger partial charge in [-0.3, -0.25) is 0 Å². The fourth-order valence-corrected chi connectivity index (χ4v) is 9.43. The summed E-state index contributed by atoms with van der Waals surface area (Å²) in [5.41, 5.74) is 4.95. The largest absolute Gasteiger partial charge is 0.378 e. The summed E-state index contributed by atoms with van der Waals surface area (Å²) in [5, 5.41) is 5.16. The molecule has 6 nitrogen and oxygen atoms in total. The van der Waals surface area contributed by atoms with Gasteiger partial charge < -0.3 is 4.74 Å². The Morgan fingerprint density at radius 2 is 1.78 bits per heavy atom. The van der Waals surface area contributed by atoms with Crippen molar-refractivity contribution in [2.75, 3.05) is 19.8 Å². The quantitative estimate of drug-likeness (QED) is 0.418. The standard InChI is InChI=1S/C28H24FN3O3S/c1-17-11-24-18(13-30-32(24)21-9-7-20(29)8-10-21)12-23(17)28-25-14-31(36(33,34)22-15-35-16-22)26(28)27(25,28)19-5-3-2-4-6-19/h2-13,22,25-26H,14-16H2,1H3/t25-,26?,27+,28+/m1/s1. The molecule has 2 aliphatic carbocycles. The number of fused-ring (bicyclic) bond motifs is 2. The second-order valence-corrected chi connectivity index (χ2v) is 12.8. The van der Waals surface area contributed by atoms with Crippen LogP contribution in [0.15, 0.2) is 72.9 Å². The molecule has 3 aliphatic heterocycles. The second-order valence-electron chi connectivity index (χ2n) is 10.6. The first kappa shape index (κ1) is 21.1. The lowest BCUT2D eigenvalue weighted by Crippen LogP contribution is -2.48. The summed E-state index contributed by atoms with van der Waals surface area (Å²) in [6.45, 7) is 3.24. The number of halogens is 1. The molecule has 0 amide bonds. The molecule has 2 bridgehead atoms. The zero-order chi connectivity index (χ0) is 24.4. The minimum atomic E-state index is -3.41. The molecule has 4 atom stereocenters. The number of ether oxygens (including phenoxy) is 1. The monoisotopic (exact) mass is 501 g/mol. The molecule has 1 aromatic heterocycles. The van der Waals surface area contributed by atoms with Gasteiger partial charge in [0.05, 0.1) is 30.6 Å². The van der Waals surface area contributed by atoms with Gasteiger partial charge >= 0.3 is 0 Å². The topological polar surface area (TPSA) is 64.4 Å². The maximum Gasteiger partial charge on any atom is 0.221 e. The number of piperidine rings is 1. The van der Waals surface area contributed by atoms with E-state index in [4.69, 9.17) is 4.74 Å². The molecule has 2 saturated carbocycles. The second kappa shape index (κ2) is 6.62. The van der Waals surface area contributed by atoms with E-state index in [2.05, 4.69) is 36.3 Å². The van der Waals surface area contributed by atoms with Crippen LogP contribution >= 0.6 is 0 Å². The third kappa shape index (κ3) is 2.25. The van der Waals surface area contributed by atoms with Crippen LogP contribution < -0.4 is 0 Å². The highest BCUT2D eigenvalue weighted by Gasteiger charge is 3.04. The number of nitrogens with zero attached hydrogens (tertiary/aromatic N) is 3. The van der Waals surface area contributed by atoms with E-state index in [1.807, 2.05) is 29.1 Å². The molecule has 4 heterocycles. The minimum absolute atomic E-state index is 0.0636. The van der Waals surface area contributed by atoms with E-state index in [0.717, 1.165) is 22.2 Å². The van der Waals surface area contributed by atoms with Gasteiger partial charge in [-0.25, -0.2) is 17.5 Å². The fourth-order valence-electron chi connectivity index (χ4n) is 7.52. The van der Waals surface area contributed by atoms with E-state index in [-0.39, 0.29) is 41.8 Å². The molecular weight excluding hydrogens is 477 g/mol. The van der Waals surface area contributed by atoms with Gasteiger partial charge in [-0.05, 0) is 65.9 Å². The molecule has 8 heteroatoms. The Kier molecular flexibility index (Phi) is 3.87. The van der Waals surface area contributed by atoms with Crippen molar-refractivity contribution in [2.24, 2.45) is 5.92 Å². The Bertz CT molecular complexity index is 1670. The zero-order valence-electron chi connectivity index (χ0n) is 19.6. The maximum atomic E-state index is 13.5. The van der Waals surface area contributed by atoms with Crippen LogP contribution in [0, 0.1) is 18.7 Å². The van der Waals surface area contributed by atoms with Crippen LogP contribution in [0.4, 0.5) is 4.39 Å². The van der Waals surface area contributed by atoms with Gasteiger partial charge in [0, 0.05) is 28.8 Å². The van der Waals surface area contributed by atoms with Crippen LogP contribution in [-0.4, -0.2) is 53.6 Å². The summed E-state index contributed by atoms with van der Waals surface area (Å²) in [6.07, 6.45) is 1.84. The predicted octanol–water partition coefficient (Wildman–Crippen LogP) is 3.71. The third-order valence-corrected chi connectivity index (χ3v) is 11.3. The van der Waals surface area contributed by atoms with E-state index in [1.165, 1.54) is 23.3 Å². The fraction of sp³-hybridized carbons (Fsp3) is 0.321. The maximum absolute atomic E-state index is 13.5. The molecule has 3 saturated heterocycles. The number of aryl methyl sites for hydroxylation is 1. The highest BCUT2D eigenvalue weighted by molar-refractivity contribution is 7.89. The van der Waals surface area contributed by atoms with Gasteiger partial charge in [0.15, 0.2) is 0 Å². The van der Waals surface area contributed by atoms with Gasteiger partial charge in [0.1, 0.15) is 11.1 Å². The first-order chi connectivity index (χ1) is 17.4. The SMILES string of the molecule is Cc1cc2c(cnn2-c2ccc(F)cc2)cc1[C@@]12C3N(S(=O)(=O)C4COC4)C[C@@H]1[C@@]32c1ccccc1. The smallest absolute Gasteiger partial charge is 0.221 e. The highest BCUT2D eigenvalue weighted by atomic mass is 32.2. The van der Waals surface area contributed by atoms with E-state index in [9.17, 15) is 12.8 Å². The Labute approximate surface area is 208 Å². The molecular formula is C28H24FN3O3S. The number of hydrogen-bond acceptors (Lipinski definition) is 4. The van der Waals surface area contributed by atoms with Crippen molar-refractivity contribution in [2.45, 2.75) is 29.0 Å². The molecule has 5 aliphatic rings. The molecule has 3 aromatic carbocycles. The first-order valence-electron chi connectivity index (χ1n) is 12.3. The predicted molar refractivity (Wildman–Crippen MR) is 133 cm³/mol. The molecule has 4 aromatic rings. The molecule has 5 fully saturated rings. The van der Waals surface area contributed by atoms with Crippen LogP contribution in [0.25, 0.3) is 16.6 Å². The van der Waals surface area contributed by atoms with E-state index in [1.54, 1.807) is 16.4 Å². The summed E-state index contributed by atoms with van der Waals surface area (Å²) in [6, 6.07) is 21.0. The van der Waals surface area contributed by atoms with Crippen molar-refractivity contribution in [3.8, 4) is 5.69 Å². The molecule has 0 N–H and O–H groups in total. The summed E-state index contributed by atoms with van der Waals surface area (Å²) in [7, 11) is -3.41. The van der Waals surface area contributed by atoms with Gasteiger partial charge in [-0.15, -0.1) is 0 Å². The molecule has 36 heavy (non-hydrogen) atoms. The number of sulfonamides is 1. The summed E-state index contributed by atoms with van der Waals surface area (Å²) < 4.78 is 49.3. The van der Waals surface area contributed by atoms with Crippen LogP contribution in [-0.2, 0) is 25.6 Å². The van der Waals surface area contributed by atoms with Crippen molar-refractivity contribution >= 4 is 20.9 Å². The third-order valence-electron chi connectivity index (χ3n) is 9.17. The molecule has 1 unspecified atom stereocenters. The van der Waals surface area contributed by atoms with Crippen molar-refractivity contribution in [1.29, 1.82) is 0 Å². The normalized spacial score (nSPS) is 30.8. The van der Waals surface area contributed by atoms with Crippen molar-refractivity contribution in [1.82, 2.24) is 14.1 Å². The minimum Gasteiger partial charge on any atom is -0.378 e. The average molecular weight is 502 g/mol. The molecule has 182 valence electrons. The summed E-state index contributed by atoms with van der Waals surface area (Å²) in [4.78, 5) is 0. The lowest BCUT2D eigenvalue weighted by Gasteiger charge is -2.30. The summed E-state index contributed by atoms with van der Waals surface area (Å²) >= 11 is 0. The number of rotatable bonds is 5. The number of benzene rings is 3. The first-order valence-corrected chi connectivity index (χ1v) is 13.8. The number of hydrogen-bond donors (Lipinski definition) is 0. The zero-order valence-corrected chi connectivity index (χ0v) is 20.5. The van der Waals surface area contributed by atoms with Gasteiger partial charge in [-0.2, -0.15) is 9.40 Å². The highest BCUT2D eigenvalue weighted by Crippen LogP contribution is 2.94. The van der Waals surface area contributed by atoms with Crippen LogP contribution in [0.2, 0.25) is 0 Å². The number of aromatic nitrogens is 2. The van der Waals surface area contributed by atoms with Crippen molar-refractivity contribution < 1.29 is 17.5 Å². The lowest BCUT2D eigenvalue weighted by atomic mass is 9.91. The van der Waals surface area contributed by atoms with Crippen LogP contribution in [0.1, 0.15) is 16.7 Å². The van der Waals surface area contributed by atoms with Crippen LogP contribution in [0.5, 0.6) is 0 Å². The van der Waals surface area contributed by atoms with Crippen LogP contribution in [0.3, 0.4) is 0 Å². The Morgan fingerprint density at radius 3 is 2.47 bits per heavy atom. The van der Waals surface area contributed by atoms with Crippen molar-refractivity contribution in [3.05, 3.63) is 95.4 Å². The Hall–Kier alpha value is -3.07. The van der Waals surface area contributed by atoms with Gasteiger partial charge in [-0.1, -0.05) is 30.3 Å². The van der Waals surface area contributed by atoms with E-state index < -0.39 is 15.3 Å². The lowest BCUT2D eigenvalue weighted by molar-refractivity contribution is 0.0394.